The fourth-order valence-corrected chi connectivity index (χ4v) is 1.95. The molecule has 1 heterocycles. The summed E-state index contributed by atoms with van der Waals surface area (Å²) in [4.78, 5) is 4.56. The molecule has 0 saturated heterocycles. The number of halogens is 1. The van der Waals surface area contributed by atoms with E-state index in [4.69, 9.17) is 15.4 Å². The van der Waals surface area contributed by atoms with Gasteiger partial charge in [0.2, 0.25) is 0 Å². The highest BCUT2D eigenvalue weighted by molar-refractivity contribution is 9.10. The Balaban J connectivity index is 2.30. The van der Waals surface area contributed by atoms with Crippen LogP contribution in [0.25, 0.3) is 0 Å². The van der Waals surface area contributed by atoms with Gasteiger partial charge in [0.1, 0.15) is 13.2 Å². The quantitative estimate of drug-likeness (QED) is 0.851. The van der Waals surface area contributed by atoms with E-state index in [1.54, 1.807) is 0 Å². The zero-order valence-corrected chi connectivity index (χ0v) is 9.75. The Morgan fingerprint density at radius 1 is 1.27 bits per heavy atom. The summed E-state index contributed by atoms with van der Waals surface area (Å²) >= 11 is 3.42. The van der Waals surface area contributed by atoms with Crippen LogP contribution < -0.4 is 15.4 Å². The summed E-state index contributed by atoms with van der Waals surface area (Å²) in [5, 5.41) is 0. The van der Waals surface area contributed by atoms with E-state index in [-0.39, 0.29) is 0 Å². The first-order valence-corrected chi connectivity index (χ1v) is 5.51. The van der Waals surface area contributed by atoms with E-state index in [1.807, 2.05) is 12.1 Å². The molecule has 0 aromatic heterocycles. The van der Waals surface area contributed by atoms with Gasteiger partial charge in [-0.15, -0.1) is 0 Å². The lowest BCUT2D eigenvalue weighted by molar-refractivity contribution is 0.137. The van der Waals surface area contributed by atoms with Crippen molar-refractivity contribution in [2.75, 3.05) is 19.8 Å². The molecule has 0 saturated carbocycles. The first-order valence-electron chi connectivity index (χ1n) is 4.71. The average molecular weight is 274 g/mol. The van der Waals surface area contributed by atoms with E-state index in [2.05, 4.69) is 20.8 Å². The molecular weight excluding hydrogens is 262 g/mol. The summed E-state index contributed by atoms with van der Waals surface area (Å²) in [5.41, 5.74) is 1.05. The lowest BCUT2D eigenvalue weighted by atomic mass is 10.1. The highest BCUT2D eigenvalue weighted by atomic mass is 79.9. The Kier molecular flexibility index (Phi) is 3.45. The van der Waals surface area contributed by atoms with E-state index in [1.165, 1.54) is 0 Å². The number of benzene rings is 1. The number of hydrogen-bond donors (Lipinski definition) is 1. The maximum Gasteiger partial charge on any atom is 0.175 e. The van der Waals surface area contributed by atoms with Crippen molar-refractivity contribution in [2.45, 2.75) is 6.42 Å². The number of ether oxygens (including phenoxy) is 2. The maximum atomic E-state index is 5.58. The minimum Gasteiger partial charge on any atom is -0.486 e. The first kappa shape index (κ1) is 10.7. The highest BCUT2D eigenvalue weighted by Crippen LogP contribution is 2.40. The Morgan fingerprint density at radius 2 is 2.00 bits per heavy atom. The fraction of sp³-hybridized carbons (Fsp3) is 0.400. The number of nitrogens with two attached hydrogens (primary N) is 1. The summed E-state index contributed by atoms with van der Waals surface area (Å²) in [6.45, 7) is 1.64. The van der Waals surface area contributed by atoms with Gasteiger partial charge in [0.05, 0.1) is 11.1 Å². The molecule has 1 aliphatic rings. The molecule has 1 aromatic rings. The van der Waals surface area contributed by atoms with Crippen LogP contribution in [-0.4, -0.2) is 19.8 Å². The minimum atomic E-state index is 0.470. The van der Waals surface area contributed by atoms with Crippen molar-refractivity contribution in [2.24, 2.45) is 5.90 Å². The Bertz CT molecular complexity index is 357. The summed E-state index contributed by atoms with van der Waals surface area (Å²) in [6.07, 6.45) is 0.718. The van der Waals surface area contributed by atoms with Gasteiger partial charge in [0.25, 0.3) is 0 Å². The first-order chi connectivity index (χ1) is 7.33. The third-order valence-corrected chi connectivity index (χ3v) is 2.84. The molecule has 0 amide bonds. The van der Waals surface area contributed by atoms with Gasteiger partial charge in [0, 0.05) is 12.0 Å². The Labute approximate surface area is 96.4 Å². The van der Waals surface area contributed by atoms with Gasteiger partial charge in [-0.3, -0.25) is 0 Å². The van der Waals surface area contributed by atoms with E-state index >= 15 is 0 Å². The summed E-state index contributed by atoms with van der Waals surface area (Å²) < 4.78 is 12.0. The average Bonchev–Trinajstić information content (AvgIpc) is 2.29. The smallest absolute Gasteiger partial charge is 0.175 e. The standard InChI is InChI=1S/C10H12BrNO3/c11-8-2-1-7(3-4-15-12)9-10(8)14-6-5-13-9/h1-2H,3-6,12H2. The molecule has 4 nitrogen and oxygen atoms in total. The van der Waals surface area contributed by atoms with Crippen LogP contribution in [-0.2, 0) is 11.3 Å². The summed E-state index contributed by atoms with van der Waals surface area (Å²) in [6, 6.07) is 3.93. The molecule has 0 fully saturated rings. The highest BCUT2D eigenvalue weighted by Gasteiger charge is 2.18. The third kappa shape index (κ3) is 2.25. The van der Waals surface area contributed by atoms with E-state index in [0.29, 0.717) is 19.8 Å². The van der Waals surface area contributed by atoms with Crippen LogP contribution in [0.15, 0.2) is 16.6 Å². The van der Waals surface area contributed by atoms with Crippen molar-refractivity contribution >= 4 is 15.9 Å². The summed E-state index contributed by atoms with van der Waals surface area (Å²) in [5.74, 6) is 6.57. The molecule has 82 valence electrons. The van der Waals surface area contributed by atoms with E-state index in [9.17, 15) is 0 Å². The predicted octanol–water partition coefficient (Wildman–Crippen LogP) is 1.65. The molecule has 1 aliphatic heterocycles. The molecule has 0 bridgehead atoms. The second-order valence-electron chi connectivity index (χ2n) is 3.18. The van der Waals surface area contributed by atoms with Gasteiger partial charge in [-0.1, -0.05) is 6.07 Å². The van der Waals surface area contributed by atoms with Crippen LogP contribution in [0.4, 0.5) is 0 Å². The number of fused-ring (bicyclic) bond motifs is 1. The topological polar surface area (TPSA) is 53.7 Å². The Morgan fingerprint density at radius 3 is 2.73 bits per heavy atom. The van der Waals surface area contributed by atoms with Gasteiger partial charge in [0.15, 0.2) is 11.5 Å². The van der Waals surface area contributed by atoms with Crippen LogP contribution in [0.3, 0.4) is 0 Å². The molecule has 2 N–H and O–H groups in total. The largest absolute Gasteiger partial charge is 0.486 e. The van der Waals surface area contributed by atoms with Crippen LogP contribution >= 0.6 is 15.9 Å². The second-order valence-corrected chi connectivity index (χ2v) is 4.04. The van der Waals surface area contributed by atoms with Crippen molar-refractivity contribution in [1.29, 1.82) is 0 Å². The monoisotopic (exact) mass is 273 g/mol. The van der Waals surface area contributed by atoms with Gasteiger partial charge in [-0.2, -0.15) is 0 Å². The van der Waals surface area contributed by atoms with Crippen molar-refractivity contribution in [1.82, 2.24) is 0 Å². The van der Waals surface area contributed by atoms with Crippen LogP contribution in [0.5, 0.6) is 11.5 Å². The second kappa shape index (κ2) is 4.83. The normalized spacial score (nSPS) is 14.0. The fourth-order valence-electron chi connectivity index (χ4n) is 1.53. The maximum absolute atomic E-state index is 5.58. The molecule has 5 heteroatoms. The van der Waals surface area contributed by atoms with Gasteiger partial charge in [-0.25, -0.2) is 5.90 Å². The van der Waals surface area contributed by atoms with Crippen molar-refractivity contribution in [3.8, 4) is 11.5 Å². The van der Waals surface area contributed by atoms with Crippen LogP contribution in [0.1, 0.15) is 5.56 Å². The van der Waals surface area contributed by atoms with Gasteiger partial charge in [-0.05, 0) is 22.0 Å². The SMILES string of the molecule is NOCCc1ccc(Br)c2c1OCCO2. The molecule has 0 unspecified atom stereocenters. The van der Waals surface area contributed by atoms with Gasteiger partial charge < -0.3 is 14.3 Å². The lowest BCUT2D eigenvalue weighted by Gasteiger charge is -2.22. The molecule has 0 spiro atoms. The minimum absolute atomic E-state index is 0.470. The zero-order chi connectivity index (χ0) is 10.7. The van der Waals surface area contributed by atoms with Crippen LogP contribution in [0.2, 0.25) is 0 Å². The van der Waals surface area contributed by atoms with Crippen molar-refractivity contribution in [3.05, 3.63) is 22.2 Å². The Hall–Kier alpha value is -0.780. The molecule has 2 rings (SSSR count). The molecule has 15 heavy (non-hydrogen) atoms. The van der Waals surface area contributed by atoms with Crippen LogP contribution in [0, 0.1) is 0 Å². The van der Waals surface area contributed by atoms with Crippen molar-refractivity contribution in [3.63, 3.8) is 0 Å². The van der Waals surface area contributed by atoms with E-state index < -0.39 is 0 Å². The molecule has 0 atom stereocenters. The van der Waals surface area contributed by atoms with Gasteiger partial charge >= 0.3 is 0 Å². The lowest BCUT2D eigenvalue weighted by Crippen LogP contribution is -2.17. The van der Waals surface area contributed by atoms with Crippen molar-refractivity contribution < 1.29 is 14.3 Å². The van der Waals surface area contributed by atoms with E-state index in [0.717, 1.165) is 28.0 Å². The number of rotatable bonds is 3. The molecule has 1 aromatic carbocycles. The third-order valence-electron chi connectivity index (χ3n) is 2.21. The zero-order valence-electron chi connectivity index (χ0n) is 8.16. The molecular formula is C10H12BrNO3. The number of hydrogen-bond acceptors (Lipinski definition) is 4. The molecule has 0 radical (unpaired) electrons. The molecule has 0 aliphatic carbocycles. The summed E-state index contributed by atoms with van der Waals surface area (Å²) in [7, 11) is 0. The predicted molar refractivity (Wildman–Crippen MR) is 59.0 cm³/mol.